The second kappa shape index (κ2) is 9.49. The van der Waals surface area contributed by atoms with Gasteiger partial charge in [-0.25, -0.2) is 0 Å². The number of ether oxygens (including phenoxy) is 1. The molecule has 1 aliphatic heterocycles. The molecule has 1 aliphatic rings. The number of aromatic nitrogens is 4. The number of rotatable bonds is 7. The van der Waals surface area contributed by atoms with Crippen LogP contribution in [0.5, 0.6) is 5.75 Å². The highest BCUT2D eigenvalue weighted by molar-refractivity contribution is 5.93. The third-order valence-corrected chi connectivity index (χ3v) is 5.21. The van der Waals surface area contributed by atoms with Crippen molar-refractivity contribution in [3.05, 3.63) is 71.6 Å². The van der Waals surface area contributed by atoms with Crippen LogP contribution in [0.15, 0.2) is 48.8 Å². The van der Waals surface area contributed by atoms with Gasteiger partial charge in [-0.1, -0.05) is 18.2 Å². The molecule has 1 amide bonds. The van der Waals surface area contributed by atoms with Crippen molar-refractivity contribution in [1.29, 1.82) is 0 Å². The van der Waals surface area contributed by atoms with Crippen LogP contribution in [0.1, 0.15) is 34.5 Å². The van der Waals surface area contributed by atoms with Gasteiger partial charge in [0.15, 0.2) is 5.82 Å². The molecule has 8 heteroatoms. The zero-order valence-electron chi connectivity index (χ0n) is 17.1. The van der Waals surface area contributed by atoms with Crippen LogP contribution in [-0.4, -0.2) is 50.3 Å². The summed E-state index contributed by atoms with van der Waals surface area (Å²) in [6, 6.07) is 11.6. The quantitative estimate of drug-likeness (QED) is 0.647. The number of nitrogens with one attached hydrogen (secondary N) is 1. The molecule has 0 fully saturated rings. The Labute approximate surface area is 175 Å². The number of benzene rings is 1. The summed E-state index contributed by atoms with van der Waals surface area (Å²) in [4.78, 5) is 18.6. The molecule has 1 N–H and O–H groups in total. The van der Waals surface area contributed by atoms with Gasteiger partial charge in [-0.15, -0.1) is 10.2 Å². The van der Waals surface area contributed by atoms with E-state index in [1.807, 2.05) is 25.1 Å². The van der Waals surface area contributed by atoms with E-state index in [1.54, 1.807) is 24.5 Å². The van der Waals surface area contributed by atoms with E-state index < -0.39 is 0 Å². The van der Waals surface area contributed by atoms with Crippen molar-refractivity contribution in [2.75, 3.05) is 19.7 Å². The average molecular weight is 406 g/mol. The van der Waals surface area contributed by atoms with Gasteiger partial charge in [-0.05, 0) is 25.1 Å². The van der Waals surface area contributed by atoms with Gasteiger partial charge in [0.05, 0.1) is 13.2 Å². The van der Waals surface area contributed by atoms with E-state index in [-0.39, 0.29) is 5.91 Å². The fraction of sp³-hybridized carbons (Fsp3) is 0.364. The summed E-state index contributed by atoms with van der Waals surface area (Å²) >= 11 is 0. The molecule has 30 heavy (non-hydrogen) atoms. The van der Waals surface area contributed by atoms with Crippen molar-refractivity contribution in [2.24, 2.45) is 0 Å². The normalized spacial score (nSPS) is 14.0. The number of carbonyl (C=O) groups excluding carboxylic acids is 1. The van der Waals surface area contributed by atoms with E-state index in [1.165, 1.54) is 5.56 Å². The van der Waals surface area contributed by atoms with Gasteiger partial charge in [0.25, 0.3) is 5.91 Å². The van der Waals surface area contributed by atoms with E-state index in [0.29, 0.717) is 18.7 Å². The first-order valence-corrected chi connectivity index (χ1v) is 10.3. The van der Waals surface area contributed by atoms with Crippen LogP contribution >= 0.6 is 0 Å². The predicted octanol–water partition coefficient (Wildman–Crippen LogP) is 2.06. The lowest BCUT2D eigenvalue weighted by atomic mass is 10.2. The fourth-order valence-electron chi connectivity index (χ4n) is 3.65. The van der Waals surface area contributed by atoms with Crippen molar-refractivity contribution in [1.82, 2.24) is 30.0 Å². The number of fused-ring (bicyclic) bond motifs is 1. The molecule has 0 aliphatic carbocycles. The molecule has 3 heterocycles. The first-order chi connectivity index (χ1) is 14.7. The van der Waals surface area contributed by atoms with E-state index >= 15 is 0 Å². The number of hydrogen-bond acceptors (Lipinski definition) is 6. The van der Waals surface area contributed by atoms with Crippen LogP contribution in [0.25, 0.3) is 0 Å². The van der Waals surface area contributed by atoms with E-state index in [2.05, 4.69) is 36.0 Å². The summed E-state index contributed by atoms with van der Waals surface area (Å²) in [6.45, 7) is 6.43. The summed E-state index contributed by atoms with van der Waals surface area (Å²) in [5.74, 6) is 2.55. The van der Waals surface area contributed by atoms with Crippen LogP contribution in [0.2, 0.25) is 0 Å². The summed E-state index contributed by atoms with van der Waals surface area (Å²) in [6.07, 6.45) is 4.04. The highest BCUT2D eigenvalue weighted by atomic mass is 16.5. The molecule has 156 valence electrons. The van der Waals surface area contributed by atoms with Crippen LogP contribution < -0.4 is 10.1 Å². The maximum absolute atomic E-state index is 12.3. The Kier molecular flexibility index (Phi) is 6.34. The first-order valence-electron chi connectivity index (χ1n) is 10.3. The van der Waals surface area contributed by atoms with Crippen LogP contribution in [0, 0.1) is 0 Å². The molecule has 4 rings (SSSR count). The predicted molar refractivity (Wildman–Crippen MR) is 112 cm³/mol. The smallest absolute Gasteiger partial charge is 0.251 e. The highest BCUT2D eigenvalue weighted by Gasteiger charge is 2.20. The lowest BCUT2D eigenvalue weighted by Crippen LogP contribution is -2.28. The molecule has 2 aromatic heterocycles. The molecule has 0 bridgehead atoms. The molecule has 1 aromatic carbocycles. The summed E-state index contributed by atoms with van der Waals surface area (Å²) in [5.41, 5.74) is 1.78. The molecule has 0 radical (unpaired) electrons. The first kappa shape index (κ1) is 20.0. The SMILES string of the molecule is CCOc1ccccc1CN1CCc2nnc(CNC(=O)c3ccncc3)n2CC1. The molecule has 8 nitrogen and oxygen atoms in total. The Morgan fingerprint density at radius 3 is 2.77 bits per heavy atom. The molecule has 0 atom stereocenters. The van der Waals surface area contributed by atoms with Crippen LogP contribution in [0.4, 0.5) is 0 Å². The Hall–Kier alpha value is -3.26. The maximum Gasteiger partial charge on any atom is 0.251 e. The summed E-state index contributed by atoms with van der Waals surface area (Å²) in [7, 11) is 0. The maximum atomic E-state index is 12.3. The van der Waals surface area contributed by atoms with E-state index in [9.17, 15) is 4.79 Å². The second-order valence-corrected chi connectivity index (χ2v) is 7.17. The Morgan fingerprint density at radius 2 is 1.93 bits per heavy atom. The minimum absolute atomic E-state index is 0.141. The number of hydrogen-bond donors (Lipinski definition) is 1. The molecule has 0 spiro atoms. The van der Waals surface area contributed by atoms with Crippen molar-refractivity contribution >= 4 is 5.91 Å². The summed E-state index contributed by atoms with van der Waals surface area (Å²) in [5, 5.41) is 11.6. The van der Waals surface area contributed by atoms with Gasteiger partial charge in [0.1, 0.15) is 11.6 Å². The Balaban J connectivity index is 1.38. The third kappa shape index (κ3) is 4.65. The summed E-state index contributed by atoms with van der Waals surface area (Å²) < 4.78 is 7.89. The topological polar surface area (TPSA) is 85.2 Å². The van der Waals surface area contributed by atoms with Crippen molar-refractivity contribution in [3.63, 3.8) is 0 Å². The zero-order valence-corrected chi connectivity index (χ0v) is 17.1. The highest BCUT2D eigenvalue weighted by Crippen LogP contribution is 2.21. The molecule has 0 unspecified atom stereocenters. The van der Waals surface area contributed by atoms with Gasteiger partial charge in [0.2, 0.25) is 0 Å². The van der Waals surface area contributed by atoms with E-state index in [0.717, 1.165) is 50.0 Å². The van der Waals surface area contributed by atoms with Gasteiger partial charge in [-0.2, -0.15) is 0 Å². The molecule has 0 saturated heterocycles. The van der Waals surface area contributed by atoms with E-state index in [4.69, 9.17) is 4.74 Å². The van der Waals surface area contributed by atoms with Gasteiger partial charge in [0, 0.05) is 56.1 Å². The Bertz CT molecular complexity index is 988. The number of para-hydroxylation sites is 1. The largest absolute Gasteiger partial charge is 0.494 e. The number of pyridine rings is 1. The zero-order chi connectivity index (χ0) is 20.8. The van der Waals surface area contributed by atoms with Gasteiger partial charge < -0.3 is 14.6 Å². The number of carbonyl (C=O) groups is 1. The third-order valence-electron chi connectivity index (χ3n) is 5.21. The second-order valence-electron chi connectivity index (χ2n) is 7.17. The molecular formula is C22H26N6O2. The minimum atomic E-state index is -0.141. The van der Waals surface area contributed by atoms with Crippen LogP contribution in [0.3, 0.4) is 0 Å². The molecular weight excluding hydrogens is 380 g/mol. The van der Waals surface area contributed by atoms with Crippen molar-refractivity contribution in [3.8, 4) is 5.75 Å². The van der Waals surface area contributed by atoms with Crippen molar-refractivity contribution < 1.29 is 9.53 Å². The Morgan fingerprint density at radius 1 is 1.10 bits per heavy atom. The van der Waals surface area contributed by atoms with Crippen molar-refractivity contribution in [2.45, 2.75) is 33.0 Å². The number of nitrogens with zero attached hydrogens (tertiary/aromatic N) is 5. The fourth-order valence-corrected chi connectivity index (χ4v) is 3.65. The molecule has 3 aromatic rings. The number of amides is 1. The molecule has 0 saturated carbocycles. The standard InChI is InChI=1S/C22H26N6O2/c1-2-30-19-6-4-3-5-18(19)16-27-12-9-20-25-26-21(28(20)14-13-27)15-24-22(29)17-7-10-23-11-8-17/h3-8,10-11H,2,9,12-16H2,1H3,(H,24,29). The van der Waals surface area contributed by atoms with Crippen LogP contribution in [-0.2, 0) is 26.1 Å². The van der Waals surface area contributed by atoms with Gasteiger partial charge in [-0.3, -0.25) is 14.7 Å². The van der Waals surface area contributed by atoms with Gasteiger partial charge >= 0.3 is 0 Å². The minimum Gasteiger partial charge on any atom is -0.494 e. The average Bonchev–Trinajstić information content (AvgIpc) is 3.06. The lowest BCUT2D eigenvalue weighted by molar-refractivity contribution is 0.0949. The lowest BCUT2D eigenvalue weighted by Gasteiger charge is -2.21. The monoisotopic (exact) mass is 406 g/mol.